The van der Waals surface area contributed by atoms with Gasteiger partial charge >= 0.3 is 5.63 Å². The molecule has 3 aromatic heterocycles. The first kappa shape index (κ1) is 20.7. The molecule has 4 heterocycles. The van der Waals surface area contributed by atoms with Crippen LogP contribution in [0.3, 0.4) is 0 Å². The predicted molar refractivity (Wildman–Crippen MR) is 127 cm³/mol. The van der Waals surface area contributed by atoms with Gasteiger partial charge in [-0.25, -0.2) is 9.78 Å². The second-order valence-electron chi connectivity index (χ2n) is 8.83. The van der Waals surface area contributed by atoms with Crippen LogP contribution in [-0.4, -0.2) is 51.5 Å². The molecule has 1 aromatic carbocycles. The minimum Gasteiger partial charge on any atom is -0.421 e. The van der Waals surface area contributed by atoms with Crippen LogP contribution in [0.15, 0.2) is 45.9 Å². The first-order chi connectivity index (χ1) is 15.4. The molecule has 166 valence electrons. The molecule has 1 fully saturated rings. The van der Waals surface area contributed by atoms with Crippen molar-refractivity contribution in [1.82, 2.24) is 19.3 Å². The summed E-state index contributed by atoms with van der Waals surface area (Å²) < 4.78 is 7.64. The minimum atomic E-state index is -0.333. The molecule has 0 aliphatic carbocycles. The summed E-state index contributed by atoms with van der Waals surface area (Å²) in [5.74, 6) is 0.470. The maximum Gasteiger partial charge on any atom is 0.344 e. The molecule has 0 saturated carbocycles. The van der Waals surface area contributed by atoms with Crippen LogP contribution in [0.25, 0.3) is 27.9 Å². The molecule has 1 atom stereocenters. The van der Waals surface area contributed by atoms with E-state index in [0.29, 0.717) is 22.9 Å². The molecule has 0 N–H and O–H groups in total. The maximum absolute atomic E-state index is 12.9. The van der Waals surface area contributed by atoms with Crippen molar-refractivity contribution in [2.24, 2.45) is 0 Å². The SMILES string of the molecule is CCCN1CCN(c2ccc3cc(-c4cn5cc(C)nc(C)c5n4)oc(=O)c3c2)C[C@@H]1C. The standard InChI is InChI=1S/C25H29N5O2/c1-5-8-28-9-10-29(14-17(28)3)20-7-6-19-11-23(32-25(31)21(19)12-20)22-15-30-13-16(2)26-18(4)24(30)27-22/h6-7,11-13,15,17H,5,8-10,14H2,1-4H3/t17-/m0/s1. The highest BCUT2D eigenvalue weighted by molar-refractivity contribution is 5.87. The molecular weight excluding hydrogens is 402 g/mol. The number of anilines is 1. The Bertz CT molecular complexity index is 1360. The fraction of sp³-hybridized carbons (Fsp3) is 0.400. The quantitative estimate of drug-likeness (QED) is 0.486. The second kappa shape index (κ2) is 8.06. The number of rotatable bonds is 4. The number of imidazole rings is 1. The lowest BCUT2D eigenvalue weighted by atomic mass is 10.1. The van der Waals surface area contributed by atoms with E-state index in [-0.39, 0.29) is 5.63 Å². The van der Waals surface area contributed by atoms with Gasteiger partial charge in [-0.3, -0.25) is 9.88 Å². The van der Waals surface area contributed by atoms with Crippen LogP contribution in [0.5, 0.6) is 0 Å². The van der Waals surface area contributed by atoms with Crippen LogP contribution in [-0.2, 0) is 0 Å². The number of nitrogens with zero attached hydrogens (tertiary/aromatic N) is 5. The van der Waals surface area contributed by atoms with E-state index in [1.54, 1.807) is 0 Å². The van der Waals surface area contributed by atoms with Crippen molar-refractivity contribution < 1.29 is 4.42 Å². The zero-order chi connectivity index (χ0) is 22.4. The van der Waals surface area contributed by atoms with Crippen LogP contribution in [0.2, 0.25) is 0 Å². The largest absolute Gasteiger partial charge is 0.421 e. The molecule has 32 heavy (non-hydrogen) atoms. The van der Waals surface area contributed by atoms with Gasteiger partial charge in [-0.15, -0.1) is 0 Å². The van der Waals surface area contributed by atoms with Crippen molar-refractivity contribution in [1.29, 1.82) is 0 Å². The normalized spacial score (nSPS) is 17.5. The van der Waals surface area contributed by atoms with E-state index < -0.39 is 0 Å². The summed E-state index contributed by atoms with van der Waals surface area (Å²) in [4.78, 5) is 26.9. The Hall–Kier alpha value is -3.19. The lowest BCUT2D eigenvalue weighted by Crippen LogP contribution is -2.52. The number of benzene rings is 1. The van der Waals surface area contributed by atoms with Crippen molar-refractivity contribution in [3.8, 4) is 11.5 Å². The third-order valence-electron chi connectivity index (χ3n) is 6.37. The van der Waals surface area contributed by atoms with Gasteiger partial charge in [-0.1, -0.05) is 13.0 Å². The number of hydrogen-bond donors (Lipinski definition) is 0. The van der Waals surface area contributed by atoms with E-state index in [1.165, 1.54) is 6.42 Å². The smallest absolute Gasteiger partial charge is 0.344 e. The van der Waals surface area contributed by atoms with E-state index in [9.17, 15) is 4.79 Å². The number of hydrogen-bond acceptors (Lipinski definition) is 6. The molecule has 4 aromatic rings. The Morgan fingerprint density at radius 2 is 1.97 bits per heavy atom. The topological polar surface area (TPSA) is 66.9 Å². The molecule has 1 aliphatic rings. The van der Waals surface area contributed by atoms with Gasteiger partial charge in [-0.05, 0) is 57.3 Å². The number of aromatic nitrogens is 3. The lowest BCUT2D eigenvalue weighted by Gasteiger charge is -2.41. The number of piperazine rings is 1. The fourth-order valence-corrected chi connectivity index (χ4v) is 4.77. The van der Waals surface area contributed by atoms with Gasteiger partial charge in [-0.2, -0.15) is 0 Å². The molecule has 0 amide bonds. The van der Waals surface area contributed by atoms with Crippen molar-refractivity contribution in [2.75, 3.05) is 31.1 Å². The average molecular weight is 432 g/mol. The summed E-state index contributed by atoms with van der Waals surface area (Å²) in [6.07, 6.45) is 4.98. The summed E-state index contributed by atoms with van der Waals surface area (Å²) in [5, 5.41) is 1.47. The predicted octanol–water partition coefficient (Wildman–Crippen LogP) is 4.04. The van der Waals surface area contributed by atoms with E-state index in [0.717, 1.165) is 54.3 Å². The molecule has 1 aliphatic heterocycles. The van der Waals surface area contributed by atoms with E-state index in [4.69, 9.17) is 4.42 Å². The Labute approximate surface area is 187 Å². The molecule has 0 unspecified atom stereocenters. The van der Waals surface area contributed by atoms with Crippen LogP contribution in [0.1, 0.15) is 31.7 Å². The first-order valence-corrected chi connectivity index (χ1v) is 11.3. The first-order valence-electron chi connectivity index (χ1n) is 11.3. The highest BCUT2D eigenvalue weighted by Crippen LogP contribution is 2.27. The minimum absolute atomic E-state index is 0.333. The van der Waals surface area contributed by atoms with Gasteiger partial charge in [0.15, 0.2) is 11.4 Å². The van der Waals surface area contributed by atoms with Gasteiger partial charge in [0, 0.05) is 43.8 Å². The Morgan fingerprint density at radius 1 is 1.12 bits per heavy atom. The highest BCUT2D eigenvalue weighted by atomic mass is 16.4. The third kappa shape index (κ3) is 3.66. The van der Waals surface area contributed by atoms with Gasteiger partial charge in [0.2, 0.25) is 0 Å². The van der Waals surface area contributed by atoms with Crippen LogP contribution >= 0.6 is 0 Å². The van der Waals surface area contributed by atoms with E-state index in [2.05, 4.69) is 39.7 Å². The molecule has 7 heteroatoms. The van der Waals surface area contributed by atoms with Crippen LogP contribution in [0, 0.1) is 13.8 Å². The number of aryl methyl sites for hydroxylation is 2. The average Bonchev–Trinajstić information content (AvgIpc) is 3.19. The van der Waals surface area contributed by atoms with Crippen LogP contribution < -0.4 is 10.5 Å². The second-order valence-corrected chi connectivity index (χ2v) is 8.83. The maximum atomic E-state index is 12.9. The van der Waals surface area contributed by atoms with Crippen molar-refractivity contribution in [3.05, 3.63) is 58.5 Å². The van der Waals surface area contributed by atoms with Gasteiger partial charge < -0.3 is 13.7 Å². The third-order valence-corrected chi connectivity index (χ3v) is 6.37. The zero-order valence-electron chi connectivity index (χ0n) is 19.1. The summed E-state index contributed by atoms with van der Waals surface area (Å²) >= 11 is 0. The Balaban J connectivity index is 1.48. The van der Waals surface area contributed by atoms with E-state index >= 15 is 0 Å². The fourth-order valence-electron chi connectivity index (χ4n) is 4.77. The molecule has 0 bridgehead atoms. The molecule has 1 saturated heterocycles. The summed E-state index contributed by atoms with van der Waals surface area (Å²) in [6, 6.07) is 8.49. The lowest BCUT2D eigenvalue weighted by molar-refractivity contribution is 0.190. The van der Waals surface area contributed by atoms with Gasteiger partial charge in [0.25, 0.3) is 0 Å². The molecular formula is C25H29N5O2. The highest BCUT2D eigenvalue weighted by Gasteiger charge is 2.23. The molecule has 7 nitrogen and oxygen atoms in total. The monoisotopic (exact) mass is 431 g/mol. The Kier molecular flexibility index (Phi) is 5.21. The molecule has 0 radical (unpaired) electrons. The summed E-state index contributed by atoms with van der Waals surface area (Å²) in [5.41, 5.74) is 3.89. The van der Waals surface area contributed by atoms with Crippen LogP contribution in [0.4, 0.5) is 5.69 Å². The molecule has 5 rings (SSSR count). The van der Waals surface area contributed by atoms with Crippen molar-refractivity contribution >= 4 is 22.1 Å². The van der Waals surface area contributed by atoms with Crippen molar-refractivity contribution in [2.45, 2.75) is 40.2 Å². The van der Waals surface area contributed by atoms with Gasteiger partial charge in [0.1, 0.15) is 5.69 Å². The zero-order valence-corrected chi connectivity index (χ0v) is 19.1. The van der Waals surface area contributed by atoms with Crippen molar-refractivity contribution in [3.63, 3.8) is 0 Å². The summed E-state index contributed by atoms with van der Waals surface area (Å²) in [6.45, 7) is 12.5. The number of fused-ring (bicyclic) bond motifs is 2. The summed E-state index contributed by atoms with van der Waals surface area (Å²) in [7, 11) is 0. The van der Waals surface area contributed by atoms with Gasteiger partial charge in [0.05, 0.1) is 16.8 Å². The molecule has 0 spiro atoms. The Morgan fingerprint density at radius 3 is 2.75 bits per heavy atom. The van der Waals surface area contributed by atoms with E-state index in [1.807, 2.05) is 48.8 Å².